The second-order valence-electron chi connectivity index (χ2n) is 9.67. The van der Waals surface area contributed by atoms with Crippen LogP contribution in [0.1, 0.15) is 30.9 Å². The van der Waals surface area contributed by atoms with Gasteiger partial charge in [0.05, 0.1) is 12.0 Å². The Kier molecular flexibility index (Phi) is 6.55. The van der Waals surface area contributed by atoms with E-state index in [0.717, 1.165) is 17.8 Å². The number of hydrogen-bond donors (Lipinski definition) is 0. The summed E-state index contributed by atoms with van der Waals surface area (Å²) in [7, 11) is 0. The Morgan fingerprint density at radius 1 is 0.972 bits per heavy atom. The number of amides is 3. The number of anilines is 1. The van der Waals surface area contributed by atoms with Gasteiger partial charge in [0.1, 0.15) is 0 Å². The van der Waals surface area contributed by atoms with Crippen molar-refractivity contribution in [1.82, 2.24) is 14.8 Å². The van der Waals surface area contributed by atoms with Gasteiger partial charge in [-0.2, -0.15) is 0 Å². The van der Waals surface area contributed by atoms with Gasteiger partial charge in [0.2, 0.25) is 17.7 Å². The zero-order valence-corrected chi connectivity index (χ0v) is 20.4. The van der Waals surface area contributed by atoms with Gasteiger partial charge in [-0.15, -0.1) is 0 Å². The van der Waals surface area contributed by atoms with Gasteiger partial charge in [-0.3, -0.25) is 24.3 Å². The summed E-state index contributed by atoms with van der Waals surface area (Å²) in [6, 6.07) is 23.1. The van der Waals surface area contributed by atoms with E-state index in [0.29, 0.717) is 18.7 Å². The molecular weight excluding hydrogens is 452 g/mol. The molecule has 184 valence electrons. The molecule has 2 aromatic carbocycles. The molecule has 3 amide bonds. The maximum absolute atomic E-state index is 13.9. The minimum atomic E-state index is -1.20. The lowest BCUT2D eigenvalue weighted by Crippen LogP contribution is -2.55. The molecule has 0 spiro atoms. The van der Waals surface area contributed by atoms with Crippen LogP contribution in [0.5, 0.6) is 0 Å². The zero-order chi connectivity index (χ0) is 25.1. The summed E-state index contributed by atoms with van der Waals surface area (Å²) in [6.45, 7) is 4.20. The lowest BCUT2D eigenvalue weighted by atomic mass is 9.75. The highest BCUT2D eigenvalue weighted by Crippen LogP contribution is 2.41. The highest BCUT2D eigenvalue weighted by molar-refractivity contribution is 6.10. The van der Waals surface area contributed by atoms with Crippen LogP contribution in [0.4, 0.5) is 5.69 Å². The highest BCUT2D eigenvalue weighted by Gasteiger charge is 2.54. The van der Waals surface area contributed by atoms with Gasteiger partial charge in [-0.05, 0) is 36.2 Å². The molecule has 2 saturated heterocycles. The van der Waals surface area contributed by atoms with Crippen molar-refractivity contribution in [1.29, 1.82) is 0 Å². The Labute approximate surface area is 211 Å². The largest absolute Gasteiger partial charge is 0.368 e. The fourth-order valence-corrected chi connectivity index (χ4v) is 5.42. The fraction of sp³-hybridized carbons (Fsp3) is 0.310. The second-order valence-corrected chi connectivity index (χ2v) is 9.67. The minimum Gasteiger partial charge on any atom is -0.368 e. The summed E-state index contributed by atoms with van der Waals surface area (Å²) in [5.74, 6) is -0.669. The number of para-hydroxylation sites is 1. The molecule has 2 aliphatic heterocycles. The number of aromatic nitrogens is 1. The Morgan fingerprint density at radius 2 is 1.69 bits per heavy atom. The van der Waals surface area contributed by atoms with E-state index in [2.05, 4.69) is 22.0 Å². The molecule has 0 saturated carbocycles. The summed E-state index contributed by atoms with van der Waals surface area (Å²) in [4.78, 5) is 50.3. The van der Waals surface area contributed by atoms with Crippen LogP contribution in [0, 0.1) is 0 Å². The Bertz CT molecular complexity index is 1240. The number of carbonyl (C=O) groups excluding carboxylic acids is 3. The highest BCUT2D eigenvalue weighted by atomic mass is 16.2. The molecule has 36 heavy (non-hydrogen) atoms. The van der Waals surface area contributed by atoms with Crippen molar-refractivity contribution in [3.05, 3.63) is 96.3 Å². The van der Waals surface area contributed by atoms with Gasteiger partial charge >= 0.3 is 0 Å². The van der Waals surface area contributed by atoms with Crippen LogP contribution in [0.2, 0.25) is 0 Å². The number of benzene rings is 2. The molecule has 7 heteroatoms. The van der Waals surface area contributed by atoms with E-state index in [1.54, 1.807) is 18.5 Å². The number of nitrogens with zero attached hydrogens (tertiary/aromatic N) is 4. The SMILES string of the molecule is C[C@@H]1CN(c2ccccc2)CCN1C(=O)C[C@]1(c2ccccc2)CC(=O)N(Cc2cccnc2)C1=O. The van der Waals surface area contributed by atoms with Gasteiger partial charge in [-0.25, -0.2) is 0 Å². The van der Waals surface area contributed by atoms with E-state index in [1.165, 1.54) is 4.90 Å². The number of carbonyl (C=O) groups is 3. The molecule has 1 aromatic heterocycles. The van der Waals surface area contributed by atoms with E-state index < -0.39 is 5.41 Å². The van der Waals surface area contributed by atoms with Crippen molar-refractivity contribution >= 4 is 23.4 Å². The predicted molar refractivity (Wildman–Crippen MR) is 137 cm³/mol. The standard InChI is InChI=1S/C29H30N4O3/c1-22-20-31(25-12-6-3-7-13-25)15-16-32(22)26(34)17-29(24-10-4-2-5-11-24)18-27(35)33(28(29)36)21-23-9-8-14-30-19-23/h2-14,19,22H,15-18,20-21H2,1H3/t22-,29-/m1/s1. The number of imide groups is 1. The Hall–Kier alpha value is -4.00. The smallest absolute Gasteiger partial charge is 0.241 e. The van der Waals surface area contributed by atoms with Crippen LogP contribution in [0.15, 0.2) is 85.2 Å². The summed E-state index contributed by atoms with van der Waals surface area (Å²) < 4.78 is 0. The zero-order valence-electron chi connectivity index (χ0n) is 20.4. The van der Waals surface area contributed by atoms with Crippen LogP contribution in [0.3, 0.4) is 0 Å². The molecule has 3 heterocycles. The van der Waals surface area contributed by atoms with E-state index in [-0.39, 0.29) is 43.1 Å². The number of likely N-dealkylation sites (tertiary alicyclic amines) is 1. The van der Waals surface area contributed by atoms with Crippen LogP contribution in [0.25, 0.3) is 0 Å². The maximum Gasteiger partial charge on any atom is 0.241 e. The van der Waals surface area contributed by atoms with Crippen molar-refractivity contribution in [2.45, 2.75) is 37.8 Å². The van der Waals surface area contributed by atoms with Crippen molar-refractivity contribution in [2.24, 2.45) is 0 Å². The average molecular weight is 483 g/mol. The molecule has 5 rings (SSSR count). The van der Waals surface area contributed by atoms with Crippen molar-refractivity contribution in [2.75, 3.05) is 24.5 Å². The quantitative estimate of drug-likeness (QED) is 0.504. The lowest BCUT2D eigenvalue weighted by molar-refractivity contribution is -0.144. The molecule has 0 bridgehead atoms. The van der Waals surface area contributed by atoms with Gasteiger partial charge in [-0.1, -0.05) is 54.6 Å². The molecule has 2 atom stereocenters. The summed E-state index contributed by atoms with van der Waals surface area (Å²) in [5.41, 5.74) is 1.43. The summed E-state index contributed by atoms with van der Waals surface area (Å²) in [6.07, 6.45) is 3.27. The third-order valence-electron chi connectivity index (χ3n) is 7.32. The van der Waals surface area contributed by atoms with Crippen LogP contribution < -0.4 is 4.90 Å². The van der Waals surface area contributed by atoms with E-state index >= 15 is 0 Å². The second kappa shape index (κ2) is 9.93. The van der Waals surface area contributed by atoms with E-state index in [4.69, 9.17) is 0 Å². The van der Waals surface area contributed by atoms with Crippen molar-refractivity contribution < 1.29 is 14.4 Å². The molecule has 2 fully saturated rings. The Balaban J connectivity index is 1.38. The molecule has 0 N–H and O–H groups in total. The normalized spacial score (nSPS) is 22.2. The fourth-order valence-electron chi connectivity index (χ4n) is 5.42. The number of rotatable bonds is 6. The topological polar surface area (TPSA) is 73.8 Å². The number of piperazine rings is 1. The summed E-state index contributed by atoms with van der Waals surface area (Å²) >= 11 is 0. The van der Waals surface area contributed by atoms with Crippen LogP contribution in [-0.4, -0.2) is 58.2 Å². The van der Waals surface area contributed by atoms with Crippen LogP contribution in [-0.2, 0) is 26.3 Å². The predicted octanol–water partition coefficient (Wildman–Crippen LogP) is 3.41. The third-order valence-corrected chi connectivity index (χ3v) is 7.32. The molecule has 0 unspecified atom stereocenters. The van der Waals surface area contributed by atoms with Crippen molar-refractivity contribution in [3.63, 3.8) is 0 Å². The third kappa shape index (κ3) is 4.49. The van der Waals surface area contributed by atoms with Crippen molar-refractivity contribution in [3.8, 4) is 0 Å². The first kappa shape index (κ1) is 23.7. The van der Waals surface area contributed by atoms with Gasteiger partial charge < -0.3 is 9.80 Å². The molecule has 2 aliphatic rings. The van der Waals surface area contributed by atoms with E-state index in [1.807, 2.05) is 66.4 Å². The molecular formula is C29H30N4O3. The van der Waals surface area contributed by atoms with Crippen LogP contribution >= 0.6 is 0 Å². The van der Waals surface area contributed by atoms with Gasteiger partial charge in [0.25, 0.3) is 0 Å². The monoisotopic (exact) mass is 482 g/mol. The van der Waals surface area contributed by atoms with Gasteiger partial charge in [0.15, 0.2) is 0 Å². The first-order chi connectivity index (χ1) is 17.5. The average Bonchev–Trinajstić information content (AvgIpc) is 3.15. The molecule has 0 radical (unpaired) electrons. The lowest BCUT2D eigenvalue weighted by Gasteiger charge is -2.42. The molecule has 3 aromatic rings. The van der Waals surface area contributed by atoms with E-state index in [9.17, 15) is 14.4 Å². The number of pyridine rings is 1. The molecule has 0 aliphatic carbocycles. The first-order valence-corrected chi connectivity index (χ1v) is 12.4. The Morgan fingerprint density at radius 3 is 2.36 bits per heavy atom. The maximum atomic E-state index is 13.9. The first-order valence-electron chi connectivity index (χ1n) is 12.4. The molecule has 7 nitrogen and oxygen atoms in total. The minimum absolute atomic E-state index is 0.0137. The summed E-state index contributed by atoms with van der Waals surface area (Å²) in [5, 5.41) is 0. The van der Waals surface area contributed by atoms with Gasteiger partial charge in [0, 0.05) is 56.6 Å². The number of hydrogen-bond acceptors (Lipinski definition) is 5.